The molecule has 1 aromatic carbocycles. The highest BCUT2D eigenvalue weighted by molar-refractivity contribution is 6.33. The first-order valence-electron chi connectivity index (χ1n) is 10.7. The molecule has 1 fully saturated rings. The maximum Gasteiger partial charge on any atom is 0.337 e. The fourth-order valence-electron chi connectivity index (χ4n) is 3.90. The van der Waals surface area contributed by atoms with Crippen LogP contribution in [0.2, 0.25) is 5.02 Å². The van der Waals surface area contributed by atoms with Crippen LogP contribution in [-0.4, -0.2) is 85.7 Å². The second-order valence-electron chi connectivity index (χ2n) is 7.70. The first-order valence-corrected chi connectivity index (χ1v) is 11.1. The number of esters is 1. The number of aliphatic hydroxyl groups is 1. The molecule has 174 valence electrons. The fraction of sp³-hybridized carbons (Fsp3) is 0.500. The quantitative estimate of drug-likeness (QED) is 0.561. The van der Waals surface area contributed by atoms with Gasteiger partial charge in [0.05, 0.1) is 36.5 Å². The second-order valence-corrected chi connectivity index (χ2v) is 8.11. The van der Waals surface area contributed by atoms with Crippen LogP contribution in [0.4, 0.5) is 11.4 Å². The number of carbonyl (C=O) groups is 3. The van der Waals surface area contributed by atoms with E-state index in [0.717, 1.165) is 12.1 Å². The van der Waals surface area contributed by atoms with E-state index in [1.165, 1.54) is 12.0 Å². The topological polar surface area (TPSA) is 102 Å². The average Bonchev–Trinajstić information content (AvgIpc) is 3.09. The maximum absolute atomic E-state index is 12.7. The SMILES string of the molecule is CCCC(=O)N1CCN(c2ccc(NC3=C(C(=O)OC)CN(CCO)C3=O)cc2Cl)CC1. The molecule has 0 unspecified atom stereocenters. The van der Waals surface area contributed by atoms with Crippen LogP contribution in [0.15, 0.2) is 29.5 Å². The lowest BCUT2D eigenvalue weighted by atomic mass is 10.2. The summed E-state index contributed by atoms with van der Waals surface area (Å²) in [6.07, 6.45) is 1.41. The molecule has 0 aromatic heterocycles. The number of hydrogen-bond acceptors (Lipinski definition) is 7. The van der Waals surface area contributed by atoms with Crippen LogP contribution in [-0.2, 0) is 19.1 Å². The molecule has 10 heteroatoms. The predicted molar refractivity (Wildman–Crippen MR) is 121 cm³/mol. The molecule has 32 heavy (non-hydrogen) atoms. The Bertz CT molecular complexity index is 912. The van der Waals surface area contributed by atoms with E-state index in [4.69, 9.17) is 16.3 Å². The number of anilines is 2. The van der Waals surface area contributed by atoms with Gasteiger partial charge < -0.3 is 29.9 Å². The summed E-state index contributed by atoms with van der Waals surface area (Å²) in [7, 11) is 1.26. The fourth-order valence-corrected chi connectivity index (χ4v) is 4.20. The number of methoxy groups -OCH3 is 1. The zero-order valence-corrected chi connectivity index (χ0v) is 19.2. The van der Waals surface area contributed by atoms with Gasteiger partial charge in [0.1, 0.15) is 5.70 Å². The van der Waals surface area contributed by atoms with E-state index in [1.807, 2.05) is 17.9 Å². The molecule has 0 radical (unpaired) electrons. The minimum Gasteiger partial charge on any atom is -0.466 e. The number of ether oxygens (including phenoxy) is 1. The van der Waals surface area contributed by atoms with E-state index in [-0.39, 0.29) is 42.8 Å². The van der Waals surface area contributed by atoms with E-state index in [1.54, 1.807) is 12.1 Å². The molecule has 3 rings (SSSR count). The van der Waals surface area contributed by atoms with Crippen molar-refractivity contribution in [3.8, 4) is 0 Å². The molecule has 2 amide bonds. The summed E-state index contributed by atoms with van der Waals surface area (Å²) in [4.78, 5) is 42.3. The second kappa shape index (κ2) is 10.7. The van der Waals surface area contributed by atoms with Gasteiger partial charge in [-0.1, -0.05) is 18.5 Å². The summed E-state index contributed by atoms with van der Waals surface area (Å²) >= 11 is 6.54. The first kappa shape index (κ1) is 23.9. The van der Waals surface area contributed by atoms with Gasteiger partial charge in [-0.3, -0.25) is 9.59 Å². The first-order chi connectivity index (χ1) is 15.4. The lowest BCUT2D eigenvalue weighted by molar-refractivity contribution is -0.136. The van der Waals surface area contributed by atoms with Gasteiger partial charge in [-0.15, -0.1) is 0 Å². The summed E-state index contributed by atoms with van der Waals surface area (Å²) < 4.78 is 4.80. The molecule has 0 atom stereocenters. The highest BCUT2D eigenvalue weighted by Crippen LogP contribution is 2.31. The molecule has 0 bridgehead atoms. The predicted octanol–water partition coefficient (Wildman–Crippen LogP) is 1.46. The third-order valence-electron chi connectivity index (χ3n) is 5.61. The molecule has 1 saturated heterocycles. The van der Waals surface area contributed by atoms with Crippen LogP contribution >= 0.6 is 11.6 Å². The lowest BCUT2D eigenvalue weighted by Crippen LogP contribution is -2.48. The van der Waals surface area contributed by atoms with Gasteiger partial charge in [0, 0.05) is 44.8 Å². The maximum atomic E-state index is 12.7. The average molecular weight is 465 g/mol. The van der Waals surface area contributed by atoms with E-state index >= 15 is 0 Å². The van der Waals surface area contributed by atoms with E-state index in [0.29, 0.717) is 43.3 Å². The number of carbonyl (C=O) groups excluding carboxylic acids is 3. The monoisotopic (exact) mass is 464 g/mol. The summed E-state index contributed by atoms with van der Waals surface area (Å²) in [6.45, 7) is 4.67. The number of nitrogens with zero attached hydrogens (tertiary/aromatic N) is 3. The summed E-state index contributed by atoms with van der Waals surface area (Å²) in [5.41, 5.74) is 1.74. The Hall–Kier alpha value is -2.78. The van der Waals surface area contributed by atoms with Gasteiger partial charge in [-0.2, -0.15) is 0 Å². The van der Waals surface area contributed by atoms with Gasteiger partial charge in [0.15, 0.2) is 0 Å². The van der Waals surface area contributed by atoms with Crippen molar-refractivity contribution >= 4 is 40.8 Å². The lowest BCUT2D eigenvalue weighted by Gasteiger charge is -2.36. The Labute approximate surface area is 192 Å². The van der Waals surface area contributed by atoms with Gasteiger partial charge in [-0.25, -0.2) is 4.79 Å². The molecule has 1 aromatic rings. The number of benzene rings is 1. The van der Waals surface area contributed by atoms with E-state index in [2.05, 4.69) is 10.2 Å². The number of piperazine rings is 1. The molecule has 0 aliphatic carbocycles. The standard InChI is InChI=1S/C22H29ClN4O5/c1-3-4-19(29)26-9-7-25(8-10-26)18-6-5-15(13-17(18)23)24-20-16(22(31)32-2)14-27(11-12-28)21(20)30/h5-6,13,24,28H,3-4,7-12,14H2,1-2H3. The molecule has 0 saturated carbocycles. The van der Waals surface area contributed by atoms with Crippen molar-refractivity contribution < 1.29 is 24.2 Å². The molecule has 9 nitrogen and oxygen atoms in total. The third kappa shape index (κ3) is 5.16. The molecule has 2 N–H and O–H groups in total. The summed E-state index contributed by atoms with van der Waals surface area (Å²) in [5.74, 6) is -0.795. The Morgan fingerprint density at radius 2 is 1.94 bits per heavy atom. The zero-order chi connectivity index (χ0) is 23.3. The van der Waals surface area contributed by atoms with Gasteiger partial charge in [0.2, 0.25) is 5.91 Å². The Kier molecular flexibility index (Phi) is 7.98. The number of β-amino-alcohol motifs (C(OH)–C–C–N with tert-alkyl or cyclic N) is 1. The third-order valence-corrected chi connectivity index (χ3v) is 5.91. The molecular formula is C22H29ClN4O5. The van der Waals surface area contributed by atoms with Gasteiger partial charge in [0.25, 0.3) is 5.91 Å². The summed E-state index contributed by atoms with van der Waals surface area (Å²) in [6, 6.07) is 5.35. The Morgan fingerprint density at radius 3 is 2.53 bits per heavy atom. The zero-order valence-electron chi connectivity index (χ0n) is 18.4. The van der Waals surface area contributed by atoms with Crippen molar-refractivity contribution in [2.24, 2.45) is 0 Å². The van der Waals surface area contributed by atoms with Crippen LogP contribution in [0, 0.1) is 0 Å². The van der Waals surface area contributed by atoms with Crippen LogP contribution in [0.5, 0.6) is 0 Å². The molecule has 2 heterocycles. The highest BCUT2D eigenvalue weighted by atomic mass is 35.5. The van der Waals surface area contributed by atoms with Crippen molar-refractivity contribution in [1.82, 2.24) is 9.80 Å². The van der Waals surface area contributed by atoms with Crippen molar-refractivity contribution in [3.63, 3.8) is 0 Å². The normalized spacial score (nSPS) is 16.6. The number of halogens is 1. The molecule has 2 aliphatic heterocycles. The number of hydrogen-bond donors (Lipinski definition) is 2. The smallest absolute Gasteiger partial charge is 0.337 e. The van der Waals surface area contributed by atoms with Crippen LogP contribution in [0.3, 0.4) is 0 Å². The van der Waals surface area contributed by atoms with Crippen molar-refractivity contribution in [1.29, 1.82) is 0 Å². The Morgan fingerprint density at radius 1 is 1.22 bits per heavy atom. The number of nitrogens with one attached hydrogen (secondary N) is 1. The molecule has 2 aliphatic rings. The molecular weight excluding hydrogens is 436 g/mol. The summed E-state index contributed by atoms with van der Waals surface area (Å²) in [5, 5.41) is 12.7. The number of amides is 2. The van der Waals surface area contributed by atoms with Gasteiger partial charge in [-0.05, 0) is 24.6 Å². The van der Waals surface area contributed by atoms with E-state index < -0.39 is 5.97 Å². The van der Waals surface area contributed by atoms with Crippen molar-refractivity contribution in [2.45, 2.75) is 19.8 Å². The van der Waals surface area contributed by atoms with Gasteiger partial charge >= 0.3 is 5.97 Å². The van der Waals surface area contributed by atoms with Crippen molar-refractivity contribution in [3.05, 3.63) is 34.5 Å². The number of rotatable bonds is 8. The minimum absolute atomic E-state index is 0.0707. The van der Waals surface area contributed by atoms with Crippen LogP contribution in [0.25, 0.3) is 0 Å². The highest BCUT2D eigenvalue weighted by Gasteiger charge is 2.34. The van der Waals surface area contributed by atoms with Crippen LogP contribution < -0.4 is 10.2 Å². The number of aliphatic hydroxyl groups excluding tert-OH is 1. The van der Waals surface area contributed by atoms with Crippen molar-refractivity contribution in [2.75, 3.05) is 63.2 Å². The van der Waals surface area contributed by atoms with Crippen LogP contribution in [0.1, 0.15) is 19.8 Å². The minimum atomic E-state index is -0.598. The molecule has 0 spiro atoms. The Balaban J connectivity index is 1.72. The van der Waals surface area contributed by atoms with E-state index in [9.17, 15) is 19.5 Å². The largest absolute Gasteiger partial charge is 0.466 e.